The average molecular weight is 409 g/mol. The van der Waals surface area contributed by atoms with Gasteiger partial charge in [-0.3, -0.25) is 4.79 Å². The number of hydrogen-bond acceptors (Lipinski definition) is 4. The summed E-state index contributed by atoms with van der Waals surface area (Å²) >= 11 is 8.01. The lowest BCUT2D eigenvalue weighted by Gasteiger charge is -2.24. The molecule has 4 aromatic rings. The molecular formula is C21H17ClN4OS. The Hall–Kier alpha value is -2.70. The molecule has 0 fully saturated rings. The third kappa shape index (κ3) is 2.72. The summed E-state index contributed by atoms with van der Waals surface area (Å²) < 4.78 is 2.85. The summed E-state index contributed by atoms with van der Waals surface area (Å²) in [5.41, 5.74) is 4.94. The van der Waals surface area contributed by atoms with E-state index < -0.39 is 0 Å². The molecule has 7 heteroatoms. The van der Waals surface area contributed by atoms with Gasteiger partial charge in [0.1, 0.15) is 5.82 Å². The standard InChI is InChI=1S/C21H17ClN4OS/c1-11-7-8-16-17(9-11)28-21(23-16)26-20-19(12(2)25-26)14(10-18(27)24-20)13-5-3-4-6-15(13)22/h3-9,14H,10H2,1-2H3,(H,24,27)/t14-/m0/s1. The third-order valence-corrected chi connectivity index (χ3v) is 6.43. The second-order valence-electron chi connectivity index (χ2n) is 7.05. The lowest BCUT2D eigenvalue weighted by Crippen LogP contribution is -2.25. The van der Waals surface area contributed by atoms with Gasteiger partial charge in [-0.05, 0) is 43.2 Å². The maximum absolute atomic E-state index is 12.5. The molecule has 0 aliphatic carbocycles. The maximum atomic E-state index is 12.5. The van der Waals surface area contributed by atoms with Crippen molar-refractivity contribution in [3.63, 3.8) is 0 Å². The minimum Gasteiger partial charge on any atom is -0.310 e. The second-order valence-corrected chi connectivity index (χ2v) is 8.47. The van der Waals surface area contributed by atoms with Crippen LogP contribution in [0.4, 0.5) is 5.82 Å². The van der Waals surface area contributed by atoms with E-state index in [1.54, 1.807) is 16.0 Å². The first kappa shape index (κ1) is 17.4. The van der Waals surface area contributed by atoms with E-state index in [4.69, 9.17) is 21.7 Å². The molecular weight excluding hydrogens is 392 g/mol. The zero-order chi connectivity index (χ0) is 19.4. The van der Waals surface area contributed by atoms with Crippen LogP contribution in [0.1, 0.15) is 34.7 Å². The van der Waals surface area contributed by atoms with Gasteiger partial charge < -0.3 is 5.32 Å². The highest BCUT2D eigenvalue weighted by Gasteiger charge is 2.34. The Morgan fingerprint density at radius 2 is 2.04 bits per heavy atom. The van der Waals surface area contributed by atoms with E-state index in [1.165, 1.54) is 5.56 Å². The van der Waals surface area contributed by atoms with Gasteiger partial charge in [0, 0.05) is 22.9 Å². The van der Waals surface area contributed by atoms with Crippen molar-refractivity contribution in [3.8, 4) is 5.13 Å². The zero-order valence-electron chi connectivity index (χ0n) is 15.4. The lowest BCUT2D eigenvalue weighted by molar-refractivity contribution is -0.116. The number of halogens is 1. The largest absolute Gasteiger partial charge is 0.310 e. The number of rotatable bonds is 2. The van der Waals surface area contributed by atoms with E-state index in [0.717, 1.165) is 32.2 Å². The first-order valence-corrected chi connectivity index (χ1v) is 10.2. The smallest absolute Gasteiger partial charge is 0.226 e. The highest BCUT2D eigenvalue weighted by molar-refractivity contribution is 7.20. The summed E-state index contributed by atoms with van der Waals surface area (Å²) in [6, 6.07) is 13.9. The van der Waals surface area contributed by atoms with Crippen LogP contribution in [0.15, 0.2) is 42.5 Å². The molecule has 0 saturated carbocycles. The number of anilines is 1. The predicted octanol–water partition coefficient (Wildman–Crippen LogP) is 5.23. The number of aryl methyl sites for hydroxylation is 2. The minimum atomic E-state index is -0.122. The number of hydrogen-bond donors (Lipinski definition) is 1. The monoisotopic (exact) mass is 408 g/mol. The normalized spacial score (nSPS) is 16.2. The van der Waals surface area contributed by atoms with Crippen LogP contribution in [0, 0.1) is 13.8 Å². The molecule has 28 heavy (non-hydrogen) atoms. The van der Waals surface area contributed by atoms with Gasteiger partial charge in [-0.25, -0.2) is 4.98 Å². The SMILES string of the molecule is Cc1ccc2nc(-n3nc(C)c4c3NC(=O)C[C@H]4c3ccccc3Cl)sc2c1. The van der Waals surface area contributed by atoms with E-state index in [9.17, 15) is 4.79 Å². The first-order valence-electron chi connectivity index (χ1n) is 9.02. The second kappa shape index (κ2) is 6.43. The van der Waals surface area contributed by atoms with Crippen molar-refractivity contribution in [1.82, 2.24) is 14.8 Å². The topological polar surface area (TPSA) is 59.8 Å². The van der Waals surface area contributed by atoms with Gasteiger partial charge in [-0.1, -0.05) is 47.2 Å². The number of carbonyl (C=O) groups excluding carboxylic acids is 1. The van der Waals surface area contributed by atoms with Gasteiger partial charge in [0.05, 0.1) is 15.9 Å². The Morgan fingerprint density at radius 3 is 2.86 bits per heavy atom. The molecule has 1 aliphatic rings. The Bertz CT molecular complexity index is 1240. The van der Waals surface area contributed by atoms with Crippen LogP contribution in [0.25, 0.3) is 15.3 Å². The quantitative estimate of drug-likeness (QED) is 0.494. The van der Waals surface area contributed by atoms with Crippen molar-refractivity contribution in [3.05, 3.63) is 69.9 Å². The minimum absolute atomic E-state index is 0.0458. The summed E-state index contributed by atoms with van der Waals surface area (Å²) in [7, 11) is 0. The van der Waals surface area contributed by atoms with Crippen molar-refractivity contribution in [2.24, 2.45) is 0 Å². The van der Waals surface area contributed by atoms with Crippen LogP contribution < -0.4 is 5.32 Å². The van der Waals surface area contributed by atoms with Crippen LogP contribution in [-0.4, -0.2) is 20.7 Å². The summed E-state index contributed by atoms with van der Waals surface area (Å²) in [5.74, 6) is 0.521. The van der Waals surface area contributed by atoms with Gasteiger partial charge in [0.2, 0.25) is 11.0 Å². The summed E-state index contributed by atoms with van der Waals surface area (Å²) in [6.07, 6.45) is 0.350. The van der Waals surface area contributed by atoms with E-state index in [0.29, 0.717) is 17.3 Å². The number of thiazole rings is 1. The van der Waals surface area contributed by atoms with Gasteiger partial charge in [0.15, 0.2) is 0 Å². The van der Waals surface area contributed by atoms with E-state index in [1.807, 2.05) is 43.3 Å². The van der Waals surface area contributed by atoms with Crippen LogP contribution in [0.5, 0.6) is 0 Å². The van der Waals surface area contributed by atoms with E-state index >= 15 is 0 Å². The van der Waals surface area contributed by atoms with Crippen molar-refractivity contribution < 1.29 is 4.79 Å². The fourth-order valence-electron chi connectivity index (χ4n) is 3.82. The number of aromatic nitrogens is 3. The molecule has 1 amide bonds. The van der Waals surface area contributed by atoms with Gasteiger partial charge in [-0.2, -0.15) is 9.78 Å². The molecule has 1 N–H and O–H groups in total. The maximum Gasteiger partial charge on any atom is 0.226 e. The lowest BCUT2D eigenvalue weighted by atomic mass is 9.86. The van der Waals surface area contributed by atoms with Crippen LogP contribution in [-0.2, 0) is 4.79 Å². The van der Waals surface area contributed by atoms with Crippen molar-refractivity contribution >= 4 is 44.9 Å². The fourth-order valence-corrected chi connectivity index (χ4v) is 5.11. The molecule has 3 heterocycles. The molecule has 1 atom stereocenters. The highest BCUT2D eigenvalue weighted by atomic mass is 35.5. The number of benzene rings is 2. The van der Waals surface area contributed by atoms with Gasteiger partial charge in [0.25, 0.3) is 0 Å². The molecule has 2 aromatic carbocycles. The van der Waals surface area contributed by atoms with Crippen LogP contribution >= 0.6 is 22.9 Å². The molecule has 0 radical (unpaired) electrons. The van der Waals surface area contributed by atoms with Crippen molar-refractivity contribution in [2.75, 3.05) is 5.32 Å². The average Bonchev–Trinajstić information content (AvgIpc) is 3.22. The summed E-state index contributed by atoms with van der Waals surface area (Å²) in [4.78, 5) is 17.2. The molecule has 0 saturated heterocycles. The number of amides is 1. The van der Waals surface area contributed by atoms with Gasteiger partial charge in [-0.15, -0.1) is 0 Å². The Morgan fingerprint density at radius 1 is 1.21 bits per heavy atom. The molecule has 5 nitrogen and oxygen atoms in total. The predicted molar refractivity (Wildman–Crippen MR) is 113 cm³/mol. The third-order valence-electron chi connectivity index (χ3n) is 5.10. The highest BCUT2D eigenvalue weighted by Crippen LogP contribution is 2.42. The number of nitrogens with one attached hydrogen (secondary N) is 1. The van der Waals surface area contributed by atoms with Crippen LogP contribution in [0.2, 0.25) is 5.02 Å². The molecule has 2 aromatic heterocycles. The molecule has 0 spiro atoms. The fraction of sp³-hybridized carbons (Fsp3) is 0.190. The molecule has 140 valence electrons. The first-order chi connectivity index (χ1) is 13.5. The van der Waals surface area contributed by atoms with E-state index in [-0.39, 0.29) is 11.8 Å². The van der Waals surface area contributed by atoms with E-state index in [2.05, 4.69) is 18.3 Å². The zero-order valence-corrected chi connectivity index (χ0v) is 16.9. The summed E-state index contributed by atoms with van der Waals surface area (Å²) in [6.45, 7) is 4.03. The van der Waals surface area contributed by atoms with Crippen molar-refractivity contribution in [2.45, 2.75) is 26.2 Å². The number of nitrogens with zero attached hydrogens (tertiary/aromatic N) is 3. The Kier molecular flexibility index (Phi) is 4.00. The van der Waals surface area contributed by atoms with Crippen molar-refractivity contribution in [1.29, 1.82) is 0 Å². The van der Waals surface area contributed by atoms with Gasteiger partial charge >= 0.3 is 0 Å². The Labute approximate surface area is 171 Å². The number of carbonyl (C=O) groups is 1. The van der Waals surface area contributed by atoms with Crippen LogP contribution in [0.3, 0.4) is 0 Å². The summed E-state index contributed by atoms with van der Waals surface area (Å²) in [5, 5.41) is 9.14. The number of fused-ring (bicyclic) bond motifs is 2. The molecule has 1 aliphatic heterocycles. The molecule has 0 bridgehead atoms. The Balaban J connectivity index is 1.69. The molecule has 0 unspecified atom stereocenters. The molecule has 5 rings (SSSR count).